The third kappa shape index (κ3) is 1.59. The summed E-state index contributed by atoms with van der Waals surface area (Å²) in [4.78, 5) is 4.10. The third-order valence-electron chi connectivity index (χ3n) is 2.16. The van der Waals surface area contributed by atoms with Crippen molar-refractivity contribution < 1.29 is 4.39 Å². The molecule has 0 bridgehead atoms. The van der Waals surface area contributed by atoms with Crippen molar-refractivity contribution in [2.75, 3.05) is 0 Å². The van der Waals surface area contributed by atoms with Crippen LogP contribution in [0.3, 0.4) is 0 Å². The molecule has 15 heavy (non-hydrogen) atoms. The summed E-state index contributed by atoms with van der Waals surface area (Å²) in [5.41, 5.74) is 1.80. The van der Waals surface area contributed by atoms with Gasteiger partial charge in [-0.2, -0.15) is 5.26 Å². The lowest BCUT2D eigenvalue weighted by Gasteiger charge is -1.98. The first kappa shape index (κ1) is 9.41. The van der Waals surface area contributed by atoms with Gasteiger partial charge in [-0.05, 0) is 24.3 Å². The third-order valence-corrected chi connectivity index (χ3v) is 2.16. The first-order valence-corrected chi connectivity index (χ1v) is 4.39. The molecule has 1 heterocycles. The fourth-order valence-electron chi connectivity index (χ4n) is 1.38. The molecule has 0 aliphatic carbocycles. The van der Waals surface area contributed by atoms with Gasteiger partial charge in [-0.25, -0.2) is 9.37 Å². The lowest BCUT2D eigenvalue weighted by molar-refractivity contribution is 0.628. The van der Waals surface area contributed by atoms with Gasteiger partial charge in [0.05, 0.1) is 6.33 Å². The van der Waals surface area contributed by atoms with Crippen LogP contribution >= 0.6 is 0 Å². The zero-order valence-corrected chi connectivity index (χ0v) is 8.11. The van der Waals surface area contributed by atoms with E-state index in [4.69, 9.17) is 5.26 Å². The smallest absolute Gasteiger partial charge is 0.147 e. The van der Waals surface area contributed by atoms with Gasteiger partial charge in [-0.1, -0.05) is 0 Å². The molecule has 0 fully saturated rings. The molecule has 0 saturated carbocycles. The SMILES string of the molecule is Cn1cnc(-c2ccc(F)cc2)c1C#N. The van der Waals surface area contributed by atoms with E-state index in [1.807, 2.05) is 0 Å². The Bertz CT molecular complexity index is 520. The molecule has 1 aromatic heterocycles. The van der Waals surface area contributed by atoms with Crippen molar-refractivity contribution in [3.05, 3.63) is 42.1 Å². The first-order chi connectivity index (χ1) is 7.22. The van der Waals surface area contributed by atoms with E-state index in [1.54, 1.807) is 30.1 Å². The van der Waals surface area contributed by atoms with Gasteiger partial charge in [0.15, 0.2) is 0 Å². The first-order valence-electron chi connectivity index (χ1n) is 4.39. The van der Waals surface area contributed by atoms with E-state index >= 15 is 0 Å². The predicted molar refractivity (Wildman–Crippen MR) is 53.3 cm³/mol. The highest BCUT2D eigenvalue weighted by molar-refractivity contribution is 5.64. The fourth-order valence-corrected chi connectivity index (χ4v) is 1.38. The van der Waals surface area contributed by atoms with Crippen LogP contribution in [0.25, 0.3) is 11.3 Å². The molecule has 2 aromatic rings. The second-order valence-corrected chi connectivity index (χ2v) is 3.17. The van der Waals surface area contributed by atoms with Crippen molar-refractivity contribution in [3.8, 4) is 17.3 Å². The molecule has 3 nitrogen and oxygen atoms in total. The Morgan fingerprint density at radius 2 is 2.00 bits per heavy atom. The molecule has 0 aliphatic heterocycles. The maximum Gasteiger partial charge on any atom is 0.147 e. The molecule has 4 heteroatoms. The lowest BCUT2D eigenvalue weighted by Crippen LogP contribution is -1.90. The van der Waals surface area contributed by atoms with Crippen molar-refractivity contribution in [2.45, 2.75) is 0 Å². The average Bonchev–Trinajstić information content (AvgIpc) is 2.61. The highest BCUT2D eigenvalue weighted by Crippen LogP contribution is 2.21. The molecule has 1 aromatic carbocycles. The van der Waals surface area contributed by atoms with Gasteiger partial charge in [0.25, 0.3) is 0 Å². The van der Waals surface area contributed by atoms with Gasteiger partial charge in [0.1, 0.15) is 23.3 Å². The van der Waals surface area contributed by atoms with Crippen LogP contribution < -0.4 is 0 Å². The number of hydrogen-bond donors (Lipinski definition) is 0. The number of hydrogen-bond acceptors (Lipinski definition) is 2. The van der Waals surface area contributed by atoms with E-state index in [2.05, 4.69) is 11.1 Å². The van der Waals surface area contributed by atoms with Crippen molar-refractivity contribution in [1.82, 2.24) is 9.55 Å². The molecular formula is C11H8FN3. The van der Waals surface area contributed by atoms with Gasteiger partial charge in [-0.15, -0.1) is 0 Å². The minimum atomic E-state index is -0.298. The van der Waals surface area contributed by atoms with Crippen molar-refractivity contribution in [2.24, 2.45) is 7.05 Å². The summed E-state index contributed by atoms with van der Waals surface area (Å²) >= 11 is 0. The Morgan fingerprint density at radius 3 is 2.60 bits per heavy atom. The van der Waals surface area contributed by atoms with E-state index in [0.29, 0.717) is 11.4 Å². The molecule has 0 aliphatic rings. The van der Waals surface area contributed by atoms with Crippen LogP contribution in [0.2, 0.25) is 0 Å². The predicted octanol–water partition coefficient (Wildman–Crippen LogP) is 2.10. The highest BCUT2D eigenvalue weighted by Gasteiger charge is 2.09. The minimum absolute atomic E-state index is 0.298. The molecule has 0 N–H and O–H groups in total. The Kier molecular flexibility index (Phi) is 2.22. The number of imidazole rings is 1. The van der Waals surface area contributed by atoms with Crippen LogP contribution in [0, 0.1) is 17.1 Å². The summed E-state index contributed by atoms with van der Waals surface area (Å²) in [6, 6.07) is 7.99. The number of halogens is 1. The zero-order valence-electron chi connectivity index (χ0n) is 8.11. The van der Waals surface area contributed by atoms with E-state index in [9.17, 15) is 4.39 Å². The highest BCUT2D eigenvalue weighted by atomic mass is 19.1. The Balaban J connectivity index is 2.55. The number of nitriles is 1. The van der Waals surface area contributed by atoms with Gasteiger partial charge in [-0.3, -0.25) is 0 Å². The van der Waals surface area contributed by atoms with Crippen molar-refractivity contribution >= 4 is 0 Å². The Labute approximate surface area is 86.4 Å². The van der Waals surface area contributed by atoms with Crippen LogP contribution in [0.15, 0.2) is 30.6 Å². The minimum Gasteiger partial charge on any atom is -0.325 e. The van der Waals surface area contributed by atoms with E-state index in [-0.39, 0.29) is 5.82 Å². The summed E-state index contributed by atoms with van der Waals surface area (Å²) in [6.07, 6.45) is 1.57. The largest absolute Gasteiger partial charge is 0.325 e. The van der Waals surface area contributed by atoms with Crippen LogP contribution in [-0.4, -0.2) is 9.55 Å². The van der Waals surface area contributed by atoms with E-state index < -0.39 is 0 Å². The molecule has 0 atom stereocenters. The molecule has 0 unspecified atom stereocenters. The number of aryl methyl sites for hydroxylation is 1. The van der Waals surface area contributed by atoms with Crippen LogP contribution in [0.4, 0.5) is 4.39 Å². The molecule has 2 rings (SSSR count). The van der Waals surface area contributed by atoms with E-state index in [0.717, 1.165) is 5.56 Å². The van der Waals surface area contributed by atoms with Crippen molar-refractivity contribution in [3.63, 3.8) is 0 Å². The van der Waals surface area contributed by atoms with Crippen LogP contribution in [0.1, 0.15) is 5.69 Å². The van der Waals surface area contributed by atoms with Gasteiger partial charge >= 0.3 is 0 Å². The van der Waals surface area contributed by atoms with Crippen LogP contribution in [-0.2, 0) is 7.05 Å². The maximum atomic E-state index is 12.7. The summed E-state index contributed by atoms with van der Waals surface area (Å²) in [6.45, 7) is 0. The molecule has 0 radical (unpaired) electrons. The van der Waals surface area contributed by atoms with Gasteiger partial charge in [0, 0.05) is 12.6 Å². The van der Waals surface area contributed by atoms with Gasteiger partial charge in [0.2, 0.25) is 0 Å². The molecule has 0 spiro atoms. The Hall–Kier alpha value is -2.15. The number of rotatable bonds is 1. The standard InChI is InChI=1S/C11H8FN3/c1-15-7-14-11(10(15)6-13)8-2-4-9(12)5-3-8/h2-5,7H,1H3. The average molecular weight is 201 g/mol. The summed E-state index contributed by atoms with van der Waals surface area (Å²) < 4.78 is 14.3. The molecular weight excluding hydrogens is 193 g/mol. The normalized spacial score (nSPS) is 9.93. The van der Waals surface area contributed by atoms with Crippen molar-refractivity contribution in [1.29, 1.82) is 5.26 Å². The van der Waals surface area contributed by atoms with E-state index in [1.165, 1.54) is 12.1 Å². The number of benzene rings is 1. The number of nitrogens with zero attached hydrogens (tertiary/aromatic N) is 3. The molecule has 74 valence electrons. The summed E-state index contributed by atoms with van der Waals surface area (Å²) in [5.74, 6) is -0.298. The quantitative estimate of drug-likeness (QED) is 0.709. The number of aromatic nitrogens is 2. The second-order valence-electron chi connectivity index (χ2n) is 3.17. The lowest BCUT2D eigenvalue weighted by atomic mass is 10.1. The second kappa shape index (κ2) is 3.54. The summed E-state index contributed by atoms with van der Waals surface area (Å²) in [5, 5.41) is 8.92. The van der Waals surface area contributed by atoms with Crippen LogP contribution in [0.5, 0.6) is 0 Å². The topological polar surface area (TPSA) is 41.6 Å². The Morgan fingerprint density at radius 1 is 1.33 bits per heavy atom. The van der Waals surface area contributed by atoms with Gasteiger partial charge < -0.3 is 4.57 Å². The summed E-state index contributed by atoms with van der Waals surface area (Å²) in [7, 11) is 1.75. The zero-order chi connectivity index (χ0) is 10.8. The molecule has 0 amide bonds. The maximum absolute atomic E-state index is 12.7. The fraction of sp³-hybridized carbons (Fsp3) is 0.0909. The molecule has 0 saturated heterocycles. The monoisotopic (exact) mass is 201 g/mol.